The normalized spacial score (nSPS) is 10.2. The summed E-state index contributed by atoms with van der Waals surface area (Å²) < 4.78 is 0. The Morgan fingerprint density at radius 1 is 1.47 bits per heavy atom. The van der Waals surface area contributed by atoms with Crippen LogP contribution in [0.3, 0.4) is 0 Å². The number of rotatable bonds is 2. The maximum atomic E-state index is 10.7. The van der Waals surface area contributed by atoms with E-state index in [0.717, 1.165) is 4.88 Å². The van der Waals surface area contributed by atoms with Crippen LogP contribution >= 0.6 is 22.9 Å². The zero-order valence-corrected chi connectivity index (χ0v) is 8.92. The van der Waals surface area contributed by atoms with Gasteiger partial charge in [0.1, 0.15) is 5.69 Å². The summed E-state index contributed by atoms with van der Waals surface area (Å²) in [5.74, 6) is -1.09. The number of aromatic nitrogens is 2. The van der Waals surface area contributed by atoms with Gasteiger partial charge in [-0.05, 0) is 12.1 Å². The largest absolute Gasteiger partial charge is 0.477 e. The Hall–Kier alpha value is -1.46. The molecule has 4 nitrogen and oxygen atoms in total. The lowest BCUT2D eigenvalue weighted by atomic mass is 10.3. The minimum Gasteiger partial charge on any atom is -0.477 e. The summed E-state index contributed by atoms with van der Waals surface area (Å²) in [4.78, 5) is 19.4. The Bertz CT molecular complexity index is 499. The molecule has 0 aliphatic heterocycles. The second-order valence-corrected chi connectivity index (χ2v) is 4.05. The van der Waals surface area contributed by atoms with Gasteiger partial charge in [-0.2, -0.15) is 0 Å². The van der Waals surface area contributed by atoms with Gasteiger partial charge in [0.15, 0.2) is 0 Å². The monoisotopic (exact) mass is 240 g/mol. The van der Waals surface area contributed by atoms with Crippen LogP contribution in [0.15, 0.2) is 23.8 Å². The number of carboxylic acids is 1. The first-order chi connectivity index (χ1) is 7.16. The molecular formula is C9H5ClN2O2S. The van der Waals surface area contributed by atoms with Crippen molar-refractivity contribution in [2.75, 3.05) is 0 Å². The van der Waals surface area contributed by atoms with Crippen molar-refractivity contribution in [3.8, 4) is 10.6 Å². The van der Waals surface area contributed by atoms with Crippen molar-refractivity contribution < 1.29 is 9.90 Å². The van der Waals surface area contributed by atoms with Crippen molar-refractivity contribution in [3.63, 3.8) is 0 Å². The molecule has 0 unspecified atom stereocenters. The highest BCUT2D eigenvalue weighted by Gasteiger charge is 2.10. The standard InChI is InChI=1S/C9H5ClN2O2S/c10-5-1-6(8-3-11-4-15-8)12-7(2-5)9(13)14/h1-4H,(H,13,14). The zero-order valence-electron chi connectivity index (χ0n) is 7.35. The van der Waals surface area contributed by atoms with E-state index in [-0.39, 0.29) is 5.69 Å². The Morgan fingerprint density at radius 3 is 2.87 bits per heavy atom. The predicted molar refractivity (Wildman–Crippen MR) is 57.3 cm³/mol. The van der Waals surface area contributed by atoms with Crippen molar-refractivity contribution in [2.45, 2.75) is 0 Å². The van der Waals surface area contributed by atoms with Gasteiger partial charge in [0.05, 0.1) is 16.1 Å². The SMILES string of the molecule is O=C(O)c1cc(Cl)cc(-c2cncs2)n1. The Labute approximate surface area is 94.2 Å². The number of halogens is 1. The molecule has 76 valence electrons. The molecule has 0 saturated carbocycles. The minimum absolute atomic E-state index is 0.0640. The highest BCUT2D eigenvalue weighted by molar-refractivity contribution is 7.13. The molecule has 0 spiro atoms. The number of carbonyl (C=O) groups is 1. The molecule has 0 aliphatic rings. The first-order valence-corrected chi connectivity index (χ1v) is 5.22. The summed E-state index contributed by atoms with van der Waals surface area (Å²) in [7, 11) is 0. The summed E-state index contributed by atoms with van der Waals surface area (Å²) >= 11 is 7.17. The molecule has 6 heteroatoms. The van der Waals surface area contributed by atoms with Gasteiger partial charge < -0.3 is 5.11 Å². The van der Waals surface area contributed by atoms with Gasteiger partial charge in [0.2, 0.25) is 0 Å². The molecule has 0 amide bonds. The van der Waals surface area contributed by atoms with E-state index < -0.39 is 5.97 Å². The smallest absolute Gasteiger partial charge is 0.354 e. The molecule has 0 aliphatic carbocycles. The highest BCUT2D eigenvalue weighted by atomic mass is 35.5. The van der Waals surface area contributed by atoms with Crippen LogP contribution in [0.2, 0.25) is 5.02 Å². The topological polar surface area (TPSA) is 63.1 Å². The average molecular weight is 241 g/mol. The van der Waals surface area contributed by atoms with Crippen LogP contribution in [-0.4, -0.2) is 21.0 Å². The van der Waals surface area contributed by atoms with Crippen molar-refractivity contribution in [1.29, 1.82) is 0 Å². The van der Waals surface area contributed by atoms with Crippen molar-refractivity contribution in [3.05, 3.63) is 34.6 Å². The third-order valence-corrected chi connectivity index (χ3v) is 2.71. The zero-order chi connectivity index (χ0) is 10.8. The van der Waals surface area contributed by atoms with Crippen molar-refractivity contribution >= 4 is 28.9 Å². The molecule has 0 fully saturated rings. The van der Waals surface area contributed by atoms with E-state index in [1.165, 1.54) is 17.4 Å². The molecule has 2 aromatic heterocycles. The van der Waals surface area contributed by atoms with Crippen LogP contribution in [0.25, 0.3) is 10.6 Å². The lowest BCUT2D eigenvalue weighted by molar-refractivity contribution is 0.0690. The van der Waals surface area contributed by atoms with Gasteiger partial charge in [-0.1, -0.05) is 11.6 Å². The third kappa shape index (κ3) is 2.14. The minimum atomic E-state index is -1.09. The van der Waals surface area contributed by atoms with Gasteiger partial charge in [0.25, 0.3) is 0 Å². The van der Waals surface area contributed by atoms with Gasteiger partial charge in [0, 0.05) is 11.2 Å². The van der Waals surface area contributed by atoms with E-state index in [1.54, 1.807) is 17.8 Å². The maximum Gasteiger partial charge on any atom is 0.354 e. The number of carboxylic acid groups (broad SMARTS) is 1. The molecule has 0 saturated heterocycles. The summed E-state index contributed by atoms with van der Waals surface area (Å²) in [6.07, 6.45) is 1.62. The number of thiazole rings is 1. The van der Waals surface area contributed by atoms with Crippen LogP contribution in [0.1, 0.15) is 10.5 Å². The Kier molecular flexibility index (Phi) is 2.66. The quantitative estimate of drug-likeness (QED) is 0.876. The molecule has 0 aromatic carbocycles. The van der Waals surface area contributed by atoms with E-state index in [1.807, 2.05) is 0 Å². The van der Waals surface area contributed by atoms with Crippen LogP contribution in [-0.2, 0) is 0 Å². The maximum absolute atomic E-state index is 10.7. The van der Waals surface area contributed by atoms with Crippen LogP contribution in [0.4, 0.5) is 0 Å². The molecule has 1 N–H and O–H groups in total. The first kappa shape index (κ1) is 10.1. The predicted octanol–water partition coefficient (Wildman–Crippen LogP) is 2.56. The van der Waals surface area contributed by atoms with Crippen LogP contribution < -0.4 is 0 Å². The summed E-state index contributed by atoms with van der Waals surface area (Å²) in [5.41, 5.74) is 2.12. The van der Waals surface area contributed by atoms with Crippen molar-refractivity contribution in [2.24, 2.45) is 0 Å². The second-order valence-electron chi connectivity index (χ2n) is 2.73. The Balaban J connectivity index is 2.54. The lowest BCUT2D eigenvalue weighted by Crippen LogP contribution is -2.00. The number of aromatic carboxylic acids is 1. The fourth-order valence-corrected chi connectivity index (χ4v) is 1.86. The average Bonchev–Trinajstić information content (AvgIpc) is 2.69. The molecule has 0 atom stereocenters. The van der Waals surface area contributed by atoms with E-state index >= 15 is 0 Å². The highest BCUT2D eigenvalue weighted by Crippen LogP contribution is 2.24. The molecule has 0 radical (unpaired) electrons. The second kappa shape index (κ2) is 3.96. The molecular weight excluding hydrogens is 236 g/mol. The number of nitrogens with zero attached hydrogens (tertiary/aromatic N) is 2. The van der Waals surface area contributed by atoms with Gasteiger partial charge in [-0.15, -0.1) is 11.3 Å². The molecule has 2 aromatic rings. The summed E-state index contributed by atoms with van der Waals surface area (Å²) in [6, 6.07) is 2.93. The Morgan fingerprint density at radius 2 is 2.27 bits per heavy atom. The van der Waals surface area contributed by atoms with Gasteiger partial charge in [-0.25, -0.2) is 9.78 Å². The van der Waals surface area contributed by atoms with Gasteiger partial charge >= 0.3 is 5.97 Å². The van der Waals surface area contributed by atoms with E-state index in [9.17, 15) is 4.79 Å². The van der Waals surface area contributed by atoms with Crippen LogP contribution in [0.5, 0.6) is 0 Å². The molecule has 2 rings (SSSR count). The van der Waals surface area contributed by atoms with E-state index in [0.29, 0.717) is 10.7 Å². The van der Waals surface area contributed by atoms with E-state index in [4.69, 9.17) is 16.7 Å². The fraction of sp³-hybridized carbons (Fsp3) is 0. The summed E-state index contributed by atoms with van der Waals surface area (Å²) in [6.45, 7) is 0. The van der Waals surface area contributed by atoms with E-state index in [2.05, 4.69) is 9.97 Å². The number of pyridine rings is 1. The number of hydrogen-bond donors (Lipinski definition) is 1. The first-order valence-electron chi connectivity index (χ1n) is 3.96. The molecule has 15 heavy (non-hydrogen) atoms. The third-order valence-electron chi connectivity index (χ3n) is 1.69. The van der Waals surface area contributed by atoms with Gasteiger partial charge in [-0.3, -0.25) is 4.98 Å². The molecule has 0 bridgehead atoms. The van der Waals surface area contributed by atoms with Crippen molar-refractivity contribution in [1.82, 2.24) is 9.97 Å². The molecule has 2 heterocycles. The number of hydrogen-bond acceptors (Lipinski definition) is 4. The van der Waals surface area contributed by atoms with Crippen LogP contribution in [0, 0.1) is 0 Å². The summed E-state index contributed by atoms with van der Waals surface area (Å²) in [5, 5.41) is 9.15. The lowest BCUT2D eigenvalue weighted by Gasteiger charge is -1.99. The fourth-order valence-electron chi connectivity index (χ4n) is 1.08.